The third-order valence-corrected chi connectivity index (χ3v) is 5.40. The van der Waals surface area contributed by atoms with Crippen molar-refractivity contribution in [2.75, 3.05) is 6.54 Å². The second kappa shape index (κ2) is 6.45. The molecule has 3 heteroatoms. The van der Waals surface area contributed by atoms with E-state index in [9.17, 15) is 5.26 Å². The molecule has 0 aromatic heterocycles. The largest absolute Gasteiger partial charge is 0.297 e. The summed E-state index contributed by atoms with van der Waals surface area (Å²) < 4.78 is 0. The van der Waals surface area contributed by atoms with Gasteiger partial charge in [-0.2, -0.15) is 5.26 Å². The van der Waals surface area contributed by atoms with Crippen molar-refractivity contribution in [2.24, 2.45) is 5.92 Å². The van der Waals surface area contributed by atoms with Gasteiger partial charge in [0.15, 0.2) is 0 Å². The van der Waals surface area contributed by atoms with Crippen molar-refractivity contribution in [1.82, 2.24) is 10.2 Å². The lowest BCUT2D eigenvalue weighted by Crippen LogP contribution is -2.57. The molecule has 2 fully saturated rings. The van der Waals surface area contributed by atoms with E-state index in [0.29, 0.717) is 18.1 Å². The minimum absolute atomic E-state index is 0.294. The van der Waals surface area contributed by atoms with Gasteiger partial charge in [0.1, 0.15) is 5.54 Å². The molecule has 20 heavy (non-hydrogen) atoms. The first kappa shape index (κ1) is 15.8. The number of nitrogens with zero attached hydrogens (tertiary/aromatic N) is 2. The zero-order chi connectivity index (χ0) is 14.8. The highest BCUT2D eigenvalue weighted by Crippen LogP contribution is 2.35. The Balaban J connectivity index is 2.07. The van der Waals surface area contributed by atoms with Crippen molar-refractivity contribution >= 4 is 0 Å². The maximum absolute atomic E-state index is 9.69. The number of likely N-dealkylation sites (tertiary alicyclic amines) is 1. The van der Waals surface area contributed by atoms with E-state index in [1.54, 1.807) is 0 Å². The highest BCUT2D eigenvalue weighted by atomic mass is 15.2. The zero-order valence-electron chi connectivity index (χ0n) is 13.7. The lowest BCUT2D eigenvalue weighted by Gasteiger charge is -2.48. The monoisotopic (exact) mass is 277 g/mol. The molecule has 1 heterocycles. The zero-order valence-corrected chi connectivity index (χ0v) is 13.7. The molecule has 1 N–H and O–H groups in total. The van der Waals surface area contributed by atoms with Gasteiger partial charge < -0.3 is 0 Å². The van der Waals surface area contributed by atoms with Crippen LogP contribution in [0.3, 0.4) is 0 Å². The molecule has 0 bridgehead atoms. The summed E-state index contributed by atoms with van der Waals surface area (Å²) in [6.07, 6.45) is 7.13. The maximum Gasteiger partial charge on any atom is 0.108 e. The lowest BCUT2D eigenvalue weighted by molar-refractivity contribution is 0.0342. The topological polar surface area (TPSA) is 39.1 Å². The Morgan fingerprint density at radius 1 is 1.25 bits per heavy atom. The molecule has 0 aromatic rings. The highest BCUT2D eigenvalue weighted by molar-refractivity contribution is 5.12. The van der Waals surface area contributed by atoms with Gasteiger partial charge in [-0.15, -0.1) is 0 Å². The first-order valence-electron chi connectivity index (χ1n) is 8.42. The molecule has 1 saturated carbocycles. The Hall–Kier alpha value is -0.590. The fraction of sp³-hybridized carbons (Fsp3) is 0.941. The molecule has 0 amide bonds. The smallest absolute Gasteiger partial charge is 0.108 e. The number of hydrogen-bond acceptors (Lipinski definition) is 3. The quantitative estimate of drug-likeness (QED) is 0.860. The van der Waals surface area contributed by atoms with E-state index in [-0.39, 0.29) is 5.54 Å². The van der Waals surface area contributed by atoms with E-state index in [2.05, 4.69) is 44.0 Å². The third-order valence-electron chi connectivity index (χ3n) is 5.40. The fourth-order valence-corrected chi connectivity index (χ4v) is 4.23. The van der Waals surface area contributed by atoms with Crippen LogP contribution in [0, 0.1) is 17.2 Å². The minimum Gasteiger partial charge on any atom is -0.297 e. The average molecular weight is 277 g/mol. The minimum atomic E-state index is -0.294. The lowest BCUT2D eigenvalue weighted by atomic mass is 9.77. The van der Waals surface area contributed by atoms with Crippen molar-refractivity contribution in [3.05, 3.63) is 0 Å². The number of rotatable bonds is 3. The SMILES string of the molecule is CC(C)NC1(C#N)CCCC(N2CCCC(C)C2C)C1. The van der Waals surface area contributed by atoms with Crippen molar-refractivity contribution in [3.8, 4) is 6.07 Å². The van der Waals surface area contributed by atoms with Gasteiger partial charge in [-0.25, -0.2) is 0 Å². The van der Waals surface area contributed by atoms with E-state index in [1.807, 2.05) is 0 Å². The molecule has 4 atom stereocenters. The summed E-state index contributed by atoms with van der Waals surface area (Å²) in [5, 5.41) is 13.2. The van der Waals surface area contributed by atoms with Crippen LogP contribution in [-0.4, -0.2) is 35.1 Å². The van der Waals surface area contributed by atoms with E-state index in [1.165, 1.54) is 32.2 Å². The molecule has 1 aliphatic heterocycles. The van der Waals surface area contributed by atoms with Crippen LogP contribution in [-0.2, 0) is 0 Å². The van der Waals surface area contributed by atoms with E-state index in [0.717, 1.165) is 18.8 Å². The maximum atomic E-state index is 9.69. The summed E-state index contributed by atoms with van der Waals surface area (Å²) in [7, 11) is 0. The Bertz CT molecular complexity index is 360. The highest BCUT2D eigenvalue weighted by Gasteiger charge is 2.41. The fourth-order valence-electron chi connectivity index (χ4n) is 4.23. The van der Waals surface area contributed by atoms with Crippen LogP contribution in [0.5, 0.6) is 0 Å². The number of hydrogen-bond donors (Lipinski definition) is 1. The molecule has 4 unspecified atom stereocenters. The van der Waals surface area contributed by atoms with Crippen molar-refractivity contribution in [3.63, 3.8) is 0 Å². The summed E-state index contributed by atoms with van der Waals surface area (Å²) in [6.45, 7) is 10.3. The second-order valence-electron chi connectivity index (χ2n) is 7.34. The van der Waals surface area contributed by atoms with Crippen LogP contribution in [0.25, 0.3) is 0 Å². The number of nitrogens with one attached hydrogen (secondary N) is 1. The number of nitriles is 1. The summed E-state index contributed by atoms with van der Waals surface area (Å²) in [4.78, 5) is 2.70. The van der Waals surface area contributed by atoms with Crippen LogP contribution in [0.15, 0.2) is 0 Å². The van der Waals surface area contributed by atoms with Gasteiger partial charge in [-0.1, -0.05) is 6.92 Å². The molecule has 0 aromatic carbocycles. The molecule has 1 saturated heterocycles. The molecule has 1 aliphatic carbocycles. The molecule has 3 nitrogen and oxygen atoms in total. The Labute approximate surface area is 124 Å². The molecule has 0 spiro atoms. The van der Waals surface area contributed by atoms with Gasteiger partial charge in [0.2, 0.25) is 0 Å². The van der Waals surface area contributed by atoms with E-state index in [4.69, 9.17) is 0 Å². The predicted octanol–water partition coefficient (Wildman–Crippen LogP) is 3.31. The van der Waals surface area contributed by atoms with Crippen LogP contribution < -0.4 is 5.32 Å². The summed E-state index contributed by atoms with van der Waals surface area (Å²) >= 11 is 0. The summed E-state index contributed by atoms with van der Waals surface area (Å²) in [6, 6.07) is 4.25. The number of piperidine rings is 1. The first-order valence-corrected chi connectivity index (χ1v) is 8.42. The van der Waals surface area contributed by atoms with Gasteiger partial charge in [0.25, 0.3) is 0 Å². The third kappa shape index (κ3) is 3.35. The van der Waals surface area contributed by atoms with Gasteiger partial charge in [-0.05, 0) is 71.8 Å². The van der Waals surface area contributed by atoms with Crippen LogP contribution in [0.2, 0.25) is 0 Å². The van der Waals surface area contributed by atoms with Gasteiger partial charge >= 0.3 is 0 Å². The van der Waals surface area contributed by atoms with Gasteiger partial charge in [0.05, 0.1) is 6.07 Å². The standard InChI is InChI=1S/C17H31N3/c1-13(2)19-17(12-18)9-5-8-16(11-17)20-10-6-7-14(3)15(20)4/h13-16,19H,5-11H2,1-4H3. The molecule has 2 rings (SSSR count). The Kier molecular flexibility index (Phi) is 5.09. The molecule has 114 valence electrons. The molecule has 0 radical (unpaired) electrons. The molecular formula is C17H31N3. The van der Waals surface area contributed by atoms with Gasteiger partial charge in [0, 0.05) is 18.1 Å². The second-order valence-corrected chi connectivity index (χ2v) is 7.34. The van der Waals surface area contributed by atoms with E-state index < -0.39 is 0 Å². The van der Waals surface area contributed by atoms with Crippen molar-refractivity contribution in [1.29, 1.82) is 5.26 Å². The predicted molar refractivity (Wildman–Crippen MR) is 83.4 cm³/mol. The molecular weight excluding hydrogens is 246 g/mol. The normalized spacial score (nSPS) is 39.7. The van der Waals surface area contributed by atoms with Gasteiger partial charge in [-0.3, -0.25) is 10.2 Å². The van der Waals surface area contributed by atoms with E-state index >= 15 is 0 Å². The first-order chi connectivity index (χ1) is 9.47. The summed E-state index contributed by atoms with van der Waals surface area (Å²) in [5.41, 5.74) is -0.294. The van der Waals surface area contributed by atoms with Crippen LogP contribution in [0.1, 0.15) is 66.2 Å². The van der Waals surface area contributed by atoms with Crippen LogP contribution >= 0.6 is 0 Å². The van der Waals surface area contributed by atoms with Crippen molar-refractivity contribution in [2.45, 2.75) is 89.9 Å². The Morgan fingerprint density at radius 3 is 2.65 bits per heavy atom. The summed E-state index contributed by atoms with van der Waals surface area (Å²) in [5.74, 6) is 0.792. The van der Waals surface area contributed by atoms with Crippen LogP contribution in [0.4, 0.5) is 0 Å². The average Bonchev–Trinajstić information content (AvgIpc) is 2.41. The Morgan fingerprint density at radius 2 is 2.00 bits per heavy atom. The molecule has 2 aliphatic rings. The van der Waals surface area contributed by atoms with Crippen molar-refractivity contribution < 1.29 is 0 Å².